The van der Waals surface area contributed by atoms with Gasteiger partial charge in [0.25, 0.3) is 0 Å². The summed E-state index contributed by atoms with van der Waals surface area (Å²) in [4.78, 5) is 3.59. The monoisotopic (exact) mass is 244 g/mol. The van der Waals surface area contributed by atoms with E-state index in [1.165, 1.54) is 6.42 Å². The Balaban J connectivity index is 1.92. The van der Waals surface area contributed by atoms with E-state index in [2.05, 4.69) is 21.8 Å². The lowest BCUT2D eigenvalue weighted by molar-refractivity contribution is 0.290. The minimum Gasteiger partial charge on any atom is -0.336 e. The smallest absolute Gasteiger partial charge is 0.185 e. The van der Waals surface area contributed by atoms with E-state index in [1.807, 2.05) is 0 Å². The highest BCUT2D eigenvalue weighted by Gasteiger charge is 2.25. The van der Waals surface area contributed by atoms with Gasteiger partial charge in [-0.2, -0.15) is 5.26 Å². The summed E-state index contributed by atoms with van der Waals surface area (Å²) in [6, 6.07) is 2.61. The Morgan fingerprint density at radius 2 is 1.94 bits per heavy atom. The quantitative estimate of drug-likeness (QED) is 0.593. The molecule has 96 valence electrons. The molecule has 0 spiro atoms. The van der Waals surface area contributed by atoms with Gasteiger partial charge < -0.3 is 5.43 Å². The van der Waals surface area contributed by atoms with Gasteiger partial charge in [0.05, 0.1) is 18.6 Å². The van der Waals surface area contributed by atoms with Gasteiger partial charge in [0, 0.05) is 11.7 Å². The molecular formula is C14H20N4. The van der Waals surface area contributed by atoms with E-state index in [0.29, 0.717) is 0 Å². The molecule has 2 aliphatic carbocycles. The molecule has 0 bridgehead atoms. The average molecular weight is 244 g/mol. The van der Waals surface area contributed by atoms with Crippen molar-refractivity contribution in [1.29, 1.82) is 5.26 Å². The minimum absolute atomic E-state index is 0.104. The topological polar surface area (TPSA) is 52.2 Å². The van der Waals surface area contributed by atoms with Crippen LogP contribution in [0.25, 0.3) is 4.85 Å². The normalized spacial score (nSPS) is 28.3. The Hall–Kier alpha value is -1.52. The van der Waals surface area contributed by atoms with Crippen molar-refractivity contribution in [3.63, 3.8) is 0 Å². The molecule has 0 heterocycles. The first-order valence-corrected chi connectivity index (χ1v) is 6.86. The van der Waals surface area contributed by atoms with E-state index in [4.69, 9.17) is 11.8 Å². The third kappa shape index (κ3) is 3.03. The molecule has 4 heteroatoms. The molecule has 0 aromatic rings. The van der Waals surface area contributed by atoms with E-state index in [-0.39, 0.29) is 12.0 Å². The van der Waals surface area contributed by atoms with Gasteiger partial charge in [0.1, 0.15) is 0 Å². The highest BCUT2D eigenvalue weighted by Crippen LogP contribution is 2.25. The molecule has 1 fully saturated rings. The Kier molecular flexibility index (Phi) is 4.61. The largest absolute Gasteiger partial charge is 0.336 e. The fourth-order valence-corrected chi connectivity index (χ4v) is 2.79. The Bertz CT molecular complexity index is 399. The summed E-state index contributed by atoms with van der Waals surface area (Å²) in [7, 11) is 0. The van der Waals surface area contributed by atoms with E-state index in [9.17, 15) is 0 Å². The molecule has 0 aromatic carbocycles. The molecule has 2 unspecified atom stereocenters. The van der Waals surface area contributed by atoms with Crippen molar-refractivity contribution in [3.8, 4) is 6.07 Å². The Morgan fingerprint density at radius 3 is 2.72 bits per heavy atom. The van der Waals surface area contributed by atoms with Crippen LogP contribution in [0.15, 0.2) is 11.4 Å². The van der Waals surface area contributed by atoms with E-state index in [1.54, 1.807) is 0 Å². The lowest BCUT2D eigenvalue weighted by atomic mass is 9.86. The van der Waals surface area contributed by atoms with Gasteiger partial charge >= 0.3 is 0 Å². The first kappa shape index (κ1) is 12.9. The first-order valence-electron chi connectivity index (χ1n) is 6.86. The summed E-state index contributed by atoms with van der Waals surface area (Å²) in [6.07, 6.45) is 8.49. The lowest BCUT2D eigenvalue weighted by Crippen LogP contribution is -2.46. The van der Waals surface area contributed by atoms with E-state index >= 15 is 0 Å². The third-order valence-electron chi connectivity index (χ3n) is 3.91. The van der Waals surface area contributed by atoms with Crippen molar-refractivity contribution in [1.82, 2.24) is 10.9 Å². The first-order chi connectivity index (χ1) is 8.85. The molecule has 1 saturated carbocycles. The lowest BCUT2D eigenvalue weighted by Gasteiger charge is -2.29. The second-order valence-electron chi connectivity index (χ2n) is 5.14. The SMILES string of the molecule is [C-]#[N+]C1=C(NNC2CCCCC2C#N)CCCC1. The van der Waals surface area contributed by atoms with Gasteiger partial charge in [0.15, 0.2) is 5.70 Å². The number of nitrogens with zero attached hydrogens (tertiary/aromatic N) is 2. The van der Waals surface area contributed by atoms with Crippen LogP contribution in [0.4, 0.5) is 0 Å². The summed E-state index contributed by atoms with van der Waals surface area (Å²) in [5.74, 6) is 0.104. The molecule has 2 atom stereocenters. The zero-order valence-electron chi connectivity index (χ0n) is 10.7. The van der Waals surface area contributed by atoms with Crippen molar-refractivity contribution >= 4 is 0 Å². The predicted molar refractivity (Wildman–Crippen MR) is 69.7 cm³/mol. The van der Waals surface area contributed by atoms with Crippen molar-refractivity contribution in [2.75, 3.05) is 0 Å². The summed E-state index contributed by atoms with van der Waals surface area (Å²) in [6.45, 7) is 7.17. The Labute approximate surface area is 109 Å². The number of hydrogen-bond acceptors (Lipinski definition) is 3. The van der Waals surface area contributed by atoms with E-state index in [0.717, 1.165) is 56.3 Å². The van der Waals surface area contributed by atoms with Gasteiger partial charge in [0.2, 0.25) is 0 Å². The van der Waals surface area contributed by atoms with Crippen LogP contribution in [0, 0.1) is 23.8 Å². The molecule has 0 radical (unpaired) electrons. The summed E-state index contributed by atoms with van der Waals surface area (Å²) < 4.78 is 0. The highest BCUT2D eigenvalue weighted by molar-refractivity contribution is 5.20. The van der Waals surface area contributed by atoms with Crippen LogP contribution in [-0.2, 0) is 0 Å². The zero-order valence-corrected chi connectivity index (χ0v) is 10.7. The maximum Gasteiger partial charge on any atom is 0.185 e. The molecule has 0 amide bonds. The number of nitrogens with one attached hydrogen (secondary N) is 2. The second-order valence-corrected chi connectivity index (χ2v) is 5.14. The molecule has 0 saturated heterocycles. The van der Waals surface area contributed by atoms with Crippen molar-refractivity contribution in [3.05, 3.63) is 22.8 Å². The van der Waals surface area contributed by atoms with Gasteiger partial charge in [-0.15, -0.1) is 0 Å². The summed E-state index contributed by atoms with van der Waals surface area (Å²) in [5, 5.41) is 9.12. The molecular weight excluding hydrogens is 224 g/mol. The zero-order chi connectivity index (χ0) is 12.8. The highest BCUT2D eigenvalue weighted by atomic mass is 15.4. The average Bonchev–Trinajstić information content (AvgIpc) is 2.45. The van der Waals surface area contributed by atoms with Crippen LogP contribution >= 0.6 is 0 Å². The fourth-order valence-electron chi connectivity index (χ4n) is 2.79. The number of rotatable bonds is 3. The number of allylic oxidation sites excluding steroid dienone is 2. The van der Waals surface area contributed by atoms with Crippen LogP contribution in [-0.4, -0.2) is 6.04 Å². The molecule has 4 nitrogen and oxygen atoms in total. The number of hydrazine groups is 1. The summed E-state index contributed by atoms with van der Waals surface area (Å²) >= 11 is 0. The maximum absolute atomic E-state index is 9.12. The molecule has 2 N–H and O–H groups in total. The fraction of sp³-hybridized carbons (Fsp3) is 0.714. The third-order valence-corrected chi connectivity index (χ3v) is 3.91. The standard InChI is InChI=1S/C14H20N4/c1-16-13-8-4-5-9-14(13)18-17-12-7-3-2-6-11(12)10-15/h11-12,17-18H,2-9H2. The molecule has 18 heavy (non-hydrogen) atoms. The van der Waals surface area contributed by atoms with Crippen LogP contribution in [0.2, 0.25) is 0 Å². The van der Waals surface area contributed by atoms with Gasteiger partial charge in [-0.25, -0.2) is 10.3 Å². The van der Waals surface area contributed by atoms with Gasteiger partial charge in [-0.3, -0.25) is 0 Å². The summed E-state index contributed by atoms with van der Waals surface area (Å²) in [5.41, 5.74) is 8.40. The van der Waals surface area contributed by atoms with Gasteiger partial charge in [-0.05, 0) is 32.1 Å². The van der Waals surface area contributed by atoms with Crippen molar-refractivity contribution in [2.45, 2.75) is 57.4 Å². The van der Waals surface area contributed by atoms with Crippen LogP contribution < -0.4 is 10.9 Å². The van der Waals surface area contributed by atoms with Crippen LogP contribution in [0.3, 0.4) is 0 Å². The molecule has 2 rings (SSSR count). The van der Waals surface area contributed by atoms with Crippen LogP contribution in [0.1, 0.15) is 51.4 Å². The second kappa shape index (κ2) is 6.42. The van der Waals surface area contributed by atoms with Gasteiger partial charge in [-0.1, -0.05) is 19.3 Å². The van der Waals surface area contributed by atoms with Crippen molar-refractivity contribution < 1.29 is 0 Å². The minimum atomic E-state index is 0.104. The molecule has 2 aliphatic rings. The molecule has 0 aromatic heterocycles. The predicted octanol–water partition coefficient (Wildman–Crippen LogP) is 2.87. The Morgan fingerprint density at radius 1 is 1.17 bits per heavy atom. The van der Waals surface area contributed by atoms with E-state index < -0.39 is 0 Å². The maximum atomic E-state index is 9.12. The van der Waals surface area contributed by atoms with Crippen molar-refractivity contribution in [2.24, 2.45) is 5.92 Å². The number of nitriles is 1. The number of hydrogen-bond donors (Lipinski definition) is 2. The molecule has 0 aliphatic heterocycles. The van der Waals surface area contributed by atoms with Crippen LogP contribution in [0.5, 0.6) is 0 Å².